The van der Waals surface area contributed by atoms with E-state index in [0.29, 0.717) is 189 Å². The number of fused-ring (bicyclic) bond motifs is 28. The number of nitrogens with zero attached hydrogens (tertiary/aromatic N) is 4. The van der Waals surface area contributed by atoms with Crippen LogP contribution in [0, 0.1) is 20.8 Å². The van der Waals surface area contributed by atoms with Crippen LogP contribution in [-0.2, 0) is 45.4 Å². The molecule has 0 bridgehead atoms. The number of ether oxygens (including phenoxy) is 2. The van der Waals surface area contributed by atoms with Crippen molar-refractivity contribution in [1.29, 1.82) is 0 Å². The van der Waals surface area contributed by atoms with Crippen LogP contribution in [0.1, 0.15) is 51.8 Å². The van der Waals surface area contributed by atoms with Gasteiger partial charge >= 0.3 is 22.5 Å². The third-order valence-corrected chi connectivity index (χ3v) is 27.2. The molecule has 4 aliphatic heterocycles. The fourth-order valence-electron chi connectivity index (χ4n) is 20.6. The molecule has 0 aliphatic carbocycles. The summed E-state index contributed by atoms with van der Waals surface area (Å²) in [5.74, 6) is -5.80. The van der Waals surface area contributed by atoms with E-state index >= 15 is 0 Å². The minimum absolute atomic E-state index is 0.0109. The first-order valence-electron chi connectivity index (χ1n) is 43.8. The molecule has 35 nitrogen and oxygen atoms in total. The van der Waals surface area contributed by atoms with E-state index in [2.05, 4.69) is 0 Å². The molecule has 0 fully saturated rings. The van der Waals surface area contributed by atoms with Gasteiger partial charge in [0.1, 0.15) is 50.1 Å². The molecule has 0 saturated carbocycles. The molecule has 0 spiro atoms. The molecule has 35 heteroatoms. The second-order valence-electron chi connectivity index (χ2n) is 35.1. The second kappa shape index (κ2) is 32.1. The average Bonchev–Trinajstić information content (AvgIpc) is 1.55. The third kappa shape index (κ3) is 13.5. The molecule has 8 aromatic heterocycles. The summed E-state index contributed by atoms with van der Waals surface area (Å²) in [7, 11) is 2.90. The molecule has 0 radical (unpaired) electrons. The Bertz CT molecular complexity index is 9260. The van der Waals surface area contributed by atoms with Gasteiger partial charge in [-0.25, -0.2) is 19.2 Å². The summed E-state index contributed by atoms with van der Waals surface area (Å²) in [6.07, 6.45) is 1.49. The van der Waals surface area contributed by atoms with Crippen molar-refractivity contribution < 1.29 is 134 Å². The van der Waals surface area contributed by atoms with Gasteiger partial charge in [0.25, 0.3) is 0 Å². The average molecular weight is 1910 g/mol. The van der Waals surface area contributed by atoms with E-state index < -0.39 is 51.2 Å². The Morgan fingerprint density at radius 1 is 0.291 bits per heavy atom. The van der Waals surface area contributed by atoms with Crippen LogP contribution in [0.25, 0.3) is 177 Å². The Labute approximate surface area is 789 Å². The van der Waals surface area contributed by atoms with Gasteiger partial charge in [0, 0.05) is 138 Å². The third-order valence-electron chi connectivity index (χ3n) is 27.2. The van der Waals surface area contributed by atoms with E-state index in [0.717, 1.165) is 39.4 Å². The summed E-state index contributed by atoms with van der Waals surface area (Å²) < 4.78 is 39.7. The lowest BCUT2D eigenvalue weighted by molar-refractivity contribution is 0.373. The fourth-order valence-corrected chi connectivity index (χ4v) is 20.6. The smallest absolute Gasteiger partial charge is 0.361 e. The minimum atomic E-state index is -0.670. The van der Waals surface area contributed by atoms with Crippen molar-refractivity contribution in [3.63, 3.8) is 0 Å². The number of benzene rings is 12. The molecule has 24 rings (SSSR count). The maximum atomic E-state index is 13.3. The van der Waals surface area contributed by atoms with Crippen molar-refractivity contribution in [3.05, 3.63) is 238 Å². The van der Waals surface area contributed by atoms with E-state index in [4.69, 9.17) is 27.1 Å². The van der Waals surface area contributed by atoms with Gasteiger partial charge in [-0.1, -0.05) is 37.3 Å². The molecule has 0 amide bonds. The summed E-state index contributed by atoms with van der Waals surface area (Å²) in [5, 5.41) is 218. The largest absolute Gasteiger partial charge is 0.508 e. The predicted molar refractivity (Wildman–Crippen MR) is 517 cm³/mol. The molecule has 4 aliphatic rings. The monoisotopic (exact) mass is 1900 g/mol. The Morgan fingerprint density at radius 3 is 0.943 bits per heavy atom. The lowest BCUT2D eigenvalue weighted by atomic mass is 9.86. The van der Waals surface area contributed by atoms with Gasteiger partial charge in [0.2, 0.25) is 0 Å². The first-order valence-corrected chi connectivity index (χ1v) is 43.8. The van der Waals surface area contributed by atoms with Crippen molar-refractivity contribution in [2.75, 3.05) is 14.2 Å². The van der Waals surface area contributed by atoms with Gasteiger partial charge in [-0.2, -0.15) is 0 Å². The topological polar surface area (TPSA) is 584 Å². The standard InChI is InChI=1S/C27H21NO8.C27H21NO7.2C26H19NO8/c1-11-13-5-6-28-24(14(13)8-19(32)26(11)33)22(12-3-4-20(35-2)18(31)7-12)23-15-9-16(29)17(30)10-21(15)36-27(34)25(23)28;1-11-5-14-12(2)10-28-25(15(14)7-18(11)30)23(13-3-4-17(29)19(31)6-13)24-16-8-20(32)21(33)9-22(16)35-27(34)26(24)28;1-34-21-7-11-4-5-27-24(13(11)8-19(21)32)22(12-2-3-15(28)16(29)6-12)23-14-9-17(30)18(31)10-20(14)35-26(33)25(23)27;1-10-12-4-5-27-23(13(12)7-19(32)25(10)33)21(11-2-3-15(28)16(29)6-11)22-14-8-17(30)18(31)9-20(14)35-26(34)24(22)27/h3-4,7-10,29-33H,5-6H2,1-2H3;3-9,12,29-33H,10H2,1-2H3;2-3,6-10,28-32H,4-5H2,1H3;2-3,6-9,28-33H,4-5H2,1H3. The highest BCUT2D eigenvalue weighted by Gasteiger charge is 2.39. The highest BCUT2D eigenvalue weighted by atomic mass is 16.5. The highest BCUT2D eigenvalue weighted by molar-refractivity contribution is 6.21. The van der Waals surface area contributed by atoms with Crippen LogP contribution in [0.3, 0.4) is 0 Å². The molecule has 141 heavy (non-hydrogen) atoms. The first kappa shape index (κ1) is 88.6. The number of methoxy groups -OCH3 is 2. The molecular weight excluding hydrogens is 1830 g/mol. The SMILES string of the molecule is COc1cc2c(cc1O)-c1c(-c3ccc(O)c(O)c3)c3c4cc(O)c(O)cc4oc(=O)c3n1CC2.COc1ccc(-c2c3n(c4c(=O)oc5cc(O)c(O)cc5c24)CCc2c-3cc(O)c(O)c2C)cc1O.Cc1c(O)c(O)cc2c1CCn1c-2c(-c2ccc(O)c(O)c2)c2c3cc(O)c(O)cc3oc(=O)c21.Cc1cc2c(cc1O)-c1c(-c3ccc(O)c(O)c3)c3c4cc(O)c(O)cc4oc(=O)c3n1CC2C. The predicted octanol–water partition coefficient (Wildman–Crippen LogP) is 17.9. The molecule has 1 unspecified atom stereocenters. The van der Waals surface area contributed by atoms with Crippen molar-refractivity contribution in [1.82, 2.24) is 18.3 Å². The van der Waals surface area contributed by atoms with Crippen molar-refractivity contribution in [3.8, 4) is 222 Å². The molecule has 21 N–H and O–H groups in total. The Kier molecular flexibility index (Phi) is 20.2. The molecule has 1 atom stereocenters. The normalized spacial score (nSPS) is 13.2. The van der Waals surface area contributed by atoms with Gasteiger partial charge in [-0.05, 0) is 210 Å². The number of rotatable bonds is 6. The Morgan fingerprint density at radius 2 is 0.589 bits per heavy atom. The van der Waals surface area contributed by atoms with Gasteiger partial charge in [0.15, 0.2) is 126 Å². The Hall–Kier alpha value is -19.0. The summed E-state index contributed by atoms with van der Waals surface area (Å²) in [6, 6.07) is 37.6. The van der Waals surface area contributed by atoms with Crippen LogP contribution in [0.5, 0.6) is 132 Å². The lowest BCUT2D eigenvalue weighted by Crippen LogP contribution is -2.17. The zero-order valence-electron chi connectivity index (χ0n) is 74.8. The van der Waals surface area contributed by atoms with Crippen LogP contribution >= 0.6 is 0 Å². The molecule has 12 heterocycles. The van der Waals surface area contributed by atoms with Crippen LogP contribution in [0.15, 0.2) is 195 Å². The maximum absolute atomic E-state index is 13.3. The van der Waals surface area contributed by atoms with Gasteiger partial charge in [-0.15, -0.1) is 0 Å². The number of hydrogen-bond donors (Lipinski definition) is 21. The van der Waals surface area contributed by atoms with Gasteiger partial charge in [-0.3, -0.25) is 0 Å². The molecule has 710 valence electrons. The molecular formula is C106H80N4O31. The van der Waals surface area contributed by atoms with Gasteiger partial charge in [0.05, 0.1) is 37.0 Å². The number of hydrogen-bond acceptors (Lipinski definition) is 31. The van der Waals surface area contributed by atoms with Crippen LogP contribution in [-0.4, -0.2) is 140 Å². The van der Waals surface area contributed by atoms with Crippen molar-refractivity contribution >= 4 is 87.5 Å². The molecule has 20 aromatic rings. The zero-order chi connectivity index (χ0) is 99.6. The van der Waals surface area contributed by atoms with E-state index in [9.17, 15) is 126 Å². The summed E-state index contributed by atoms with van der Waals surface area (Å²) >= 11 is 0. The summed E-state index contributed by atoms with van der Waals surface area (Å²) in [6.45, 7) is 8.87. The quantitative estimate of drug-likeness (QED) is 0.0543. The number of aromatic nitrogens is 4. The zero-order valence-corrected chi connectivity index (χ0v) is 74.8. The minimum Gasteiger partial charge on any atom is -0.508 e. The van der Waals surface area contributed by atoms with Crippen LogP contribution in [0.2, 0.25) is 0 Å². The van der Waals surface area contributed by atoms with E-state index in [-0.39, 0.29) is 148 Å². The van der Waals surface area contributed by atoms with Crippen molar-refractivity contribution in [2.45, 2.75) is 79.1 Å². The lowest BCUT2D eigenvalue weighted by Gasteiger charge is -2.27. The Balaban J connectivity index is 0.000000111. The van der Waals surface area contributed by atoms with E-state index in [1.807, 2.05) is 24.5 Å². The van der Waals surface area contributed by atoms with Crippen molar-refractivity contribution in [2.24, 2.45) is 0 Å². The first-order chi connectivity index (χ1) is 67.3. The number of aryl methyl sites for hydroxylation is 5. The van der Waals surface area contributed by atoms with Crippen LogP contribution in [0.4, 0.5) is 0 Å². The molecule has 12 aromatic carbocycles. The number of phenols is 21. The fraction of sp³-hybridized carbons (Fsp3) is 0.132. The highest BCUT2D eigenvalue weighted by Crippen LogP contribution is 2.58. The van der Waals surface area contributed by atoms with Gasteiger partial charge < -0.3 is 153 Å². The summed E-state index contributed by atoms with van der Waals surface area (Å²) in [5.41, 5.74) is 13.0. The number of phenolic OH excluding ortho intramolecular Hbond substituents is 21. The number of aromatic hydroxyl groups is 21. The second-order valence-corrected chi connectivity index (χ2v) is 35.1. The summed E-state index contributed by atoms with van der Waals surface area (Å²) in [4.78, 5) is 53.0. The van der Waals surface area contributed by atoms with Crippen LogP contribution < -0.4 is 32.0 Å². The van der Waals surface area contributed by atoms with E-state index in [1.54, 1.807) is 76.1 Å². The maximum Gasteiger partial charge on any atom is 0.361 e. The molecule has 0 saturated heterocycles. The van der Waals surface area contributed by atoms with E-state index in [1.165, 1.54) is 111 Å².